The smallest absolute Gasteiger partial charge is 0.337 e. The van der Waals surface area contributed by atoms with Gasteiger partial charge in [-0.3, -0.25) is 0 Å². The fraction of sp³-hybridized carbons (Fsp3) is 0.850. The molecule has 2 N–H and O–H groups in total. The van der Waals surface area contributed by atoms with Gasteiger partial charge >= 0.3 is 5.97 Å². The maximum Gasteiger partial charge on any atom is 0.337 e. The zero-order valence-electron chi connectivity index (χ0n) is 15.6. The third-order valence-corrected chi connectivity index (χ3v) is 9.09. The largest absolute Gasteiger partial charge is 0.458 e. The van der Waals surface area contributed by atoms with E-state index in [9.17, 15) is 15.0 Å². The van der Waals surface area contributed by atoms with E-state index in [0.29, 0.717) is 18.4 Å². The summed E-state index contributed by atoms with van der Waals surface area (Å²) in [4.78, 5) is 12.1. The van der Waals surface area contributed by atoms with Gasteiger partial charge in [0.2, 0.25) is 0 Å². The first-order valence-corrected chi connectivity index (χ1v) is 10.1. The average molecular weight is 376 g/mol. The Balaban J connectivity index is 1.40. The van der Waals surface area contributed by atoms with E-state index in [1.165, 1.54) is 0 Å². The van der Waals surface area contributed by atoms with Crippen LogP contribution in [0.2, 0.25) is 0 Å². The lowest BCUT2D eigenvalue weighted by atomic mass is 9.46. The number of hydrogen-bond acceptors (Lipinski definition) is 7. The van der Waals surface area contributed by atoms with Crippen LogP contribution in [0, 0.1) is 17.3 Å². The molecule has 10 atom stereocenters. The Bertz CT molecular complexity index is 851. The summed E-state index contributed by atoms with van der Waals surface area (Å²) in [6.07, 6.45) is -0.861. The van der Waals surface area contributed by atoms with Crippen molar-refractivity contribution < 1.29 is 34.0 Å². The fourth-order valence-corrected chi connectivity index (χ4v) is 7.80. The quantitative estimate of drug-likeness (QED) is 0.493. The van der Waals surface area contributed by atoms with Gasteiger partial charge in [-0.1, -0.05) is 20.8 Å². The molecule has 0 radical (unpaired) electrons. The van der Waals surface area contributed by atoms with Crippen LogP contribution in [0.25, 0.3) is 0 Å². The molecule has 3 aliphatic carbocycles. The summed E-state index contributed by atoms with van der Waals surface area (Å²) in [5.41, 5.74) is -1.12. The highest BCUT2D eigenvalue weighted by Crippen LogP contribution is 2.82. The number of fused-ring (bicyclic) bond motifs is 4. The first-order chi connectivity index (χ1) is 12.8. The minimum absolute atomic E-state index is 0.0467. The number of ether oxygens (including phenoxy) is 4. The number of esters is 1. The number of carbonyl (C=O) groups excluding carboxylic acids is 1. The molecule has 2 saturated carbocycles. The summed E-state index contributed by atoms with van der Waals surface area (Å²) in [6.45, 7) is 6.51. The lowest BCUT2D eigenvalue weighted by molar-refractivity contribution is -0.137. The highest BCUT2D eigenvalue weighted by atomic mass is 16.7. The van der Waals surface area contributed by atoms with Crippen LogP contribution in [-0.4, -0.2) is 70.1 Å². The molecule has 27 heavy (non-hydrogen) atoms. The molecule has 0 aromatic carbocycles. The number of aliphatic hydroxyl groups is 2. The number of cyclic esters (lactones) is 1. The predicted molar refractivity (Wildman–Crippen MR) is 88.5 cm³/mol. The first kappa shape index (κ1) is 15.9. The van der Waals surface area contributed by atoms with Crippen molar-refractivity contribution in [3.8, 4) is 0 Å². The number of hydrogen-bond donors (Lipinski definition) is 2. The van der Waals surface area contributed by atoms with E-state index < -0.39 is 40.4 Å². The molecule has 7 heteroatoms. The maximum atomic E-state index is 12.1. The van der Waals surface area contributed by atoms with Crippen molar-refractivity contribution in [3.05, 3.63) is 11.1 Å². The summed E-state index contributed by atoms with van der Waals surface area (Å²) in [5, 5.41) is 22.3. The third-order valence-electron chi connectivity index (χ3n) is 9.09. The Labute approximate surface area is 156 Å². The van der Waals surface area contributed by atoms with Crippen molar-refractivity contribution in [1.29, 1.82) is 0 Å². The van der Waals surface area contributed by atoms with Crippen molar-refractivity contribution in [2.75, 3.05) is 6.61 Å². The van der Waals surface area contributed by atoms with Crippen molar-refractivity contribution >= 4 is 5.97 Å². The minimum atomic E-state index is -0.864. The molecule has 3 saturated heterocycles. The van der Waals surface area contributed by atoms with Crippen molar-refractivity contribution in [3.63, 3.8) is 0 Å². The van der Waals surface area contributed by atoms with Crippen LogP contribution in [0.5, 0.6) is 0 Å². The normalized spacial score (nSPS) is 64.0. The highest BCUT2D eigenvalue weighted by Gasteiger charge is 3.00. The van der Waals surface area contributed by atoms with E-state index >= 15 is 0 Å². The molecule has 2 spiro atoms. The van der Waals surface area contributed by atoms with Gasteiger partial charge in [-0.15, -0.1) is 0 Å². The van der Waals surface area contributed by atoms with E-state index in [0.717, 1.165) is 5.57 Å². The van der Waals surface area contributed by atoms with Gasteiger partial charge in [0.25, 0.3) is 0 Å². The van der Waals surface area contributed by atoms with Crippen molar-refractivity contribution in [2.45, 2.75) is 80.9 Å². The van der Waals surface area contributed by atoms with E-state index in [1.54, 1.807) is 0 Å². The van der Waals surface area contributed by atoms with Gasteiger partial charge in [0.1, 0.15) is 36.1 Å². The second-order valence-corrected chi connectivity index (χ2v) is 10.1. The van der Waals surface area contributed by atoms with Gasteiger partial charge in [0, 0.05) is 5.41 Å². The summed E-state index contributed by atoms with van der Waals surface area (Å²) < 4.78 is 24.1. The third kappa shape index (κ3) is 1.27. The molecule has 7 rings (SSSR count). The summed E-state index contributed by atoms with van der Waals surface area (Å²) in [7, 11) is 0. The van der Waals surface area contributed by atoms with Gasteiger partial charge in [0.05, 0.1) is 17.8 Å². The van der Waals surface area contributed by atoms with Crippen LogP contribution in [-0.2, 0) is 23.7 Å². The van der Waals surface area contributed by atoms with Crippen molar-refractivity contribution in [2.24, 2.45) is 17.3 Å². The molecule has 5 fully saturated rings. The van der Waals surface area contributed by atoms with E-state index in [2.05, 4.69) is 20.8 Å². The minimum Gasteiger partial charge on any atom is -0.458 e. The van der Waals surface area contributed by atoms with Gasteiger partial charge in [-0.05, 0) is 30.3 Å². The Morgan fingerprint density at radius 2 is 1.93 bits per heavy atom. The molecule has 4 heterocycles. The molecule has 0 amide bonds. The van der Waals surface area contributed by atoms with Gasteiger partial charge in [-0.2, -0.15) is 0 Å². The Morgan fingerprint density at radius 1 is 1.15 bits per heavy atom. The van der Waals surface area contributed by atoms with Crippen LogP contribution >= 0.6 is 0 Å². The average Bonchev–Trinajstić information content (AvgIpc) is 3.48. The summed E-state index contributed by atoms with van der Waals surface area (Å²) >= 11 is 0. The van der Waals surface area contributed by atoms with E-state index in [-0.39, 0.29) is 36.8 Å². The van der Waals surface area contributed by atoms with Crippen LogP contribution in [0.1, 0.15) is 33.6 Å². The predicted octanol–water partition coefficient (Wildman–Crippen LogP) is 0.0739. The lowest BCUT2D eigenvalue weighted by Crippen LogP contribution is -2.69. The standard InChI is InChI=1S/C20H24O7/c1-7(2)18-13(26-18)14-20(27-14)17(3)5-10(21)12-8(6-24-15(12)22)9(17)4-11-19(20,25-11)16(18)23/h7,9-11,13-14,16,21,23H,4-6H2,1-3H3/t9-,10-,11-,13-,14-,16+,17-,18-,19+,20+/m1/s1. The van der Waals surface area contributed by atoms with Crippen LogP contribution in [0.3, 0.4) is 0 Å². The second-order valence-electron chi connectivity index (χ2n) is 10.1. The number of rotatable bonds is 1. The zero-order valence-corrected chi connectivity index (χ0v) is 15.6. The molecule has 7 aliphatic rings. The zero-order chi connectivity index (χ0) is 18.7. The Morgan fingerprint density at radius 3 is 2.67 bits per heavy atom. The van der Waals surface area contributed by atoms with Gasteiger partial charge < -0.3 is 29.2 Å². The van der Waals surface area contributed by atoms with Crippen molar-refractivity contribution in [1.82, 2.24) is 0 Å². The van der Waals surface area contributed by atoms with E-state index in [1.807, 2.05) is 0 Å². The number of carbonyl (C=O) groups is 1. The number of epoxide rings is 3. The first-order valence-electron chi connectivity index (χ1n) is 10.1. The van der Waals surface area contributed by atoms with Gasteiger partial charge in [-0.25, -0.2) is 4.79 Å². The van der Waals surface area contributed by atoms with Crippen LogP contribution in [0.15, 0.2) is 11.1 Å². The SMILES string of the molecule is CC(C)[C@@]12O[C@@H]1[C@H]1O[C@@]13[C@@]1(O[C@@H]1C[C@@H]1C4=C(C(=O)OC4)[C@H](O)C[C@]13C)[C@H]2O. The molecular formula is C20H24O7. The van der Waals surface area contributed by atoms with E-state index in [4.69, 9.17) is 18.9 Å². The molecule has 0 aromatic heterocycles. The molecule has 7 nitrogen and oxygen atoms in total. The summed E-state index contributed by atoms with van der Waals surface area (Å²) in [5.74, 6) is -0.186. The molecular weight excluding hydrogens is 352 g/mol. The summed E-state index contributed by atoms with van der Waals surface area (Å²) in [6, 6.07) is 0. The fourth-order valence-electron chi connectivity index (χ4n) is 7.80. The Kier molecular flexibility index (Phi) is 2.35. The van der Waals surface area contributed by atoms with Gasteiger partial charge in [0.15, 0.2) is 5.60 Å². The maximum absolute atomic E-state index is 12.1. The Hall–Kier alpha value is -0.990. The molecule has 0 aromatic rings. The molecule has 4 aliphatic heterocycles. The monoisotopic (exact) mass is 376 g/mol. The highest BCUT2D eigenvalue weighted by molar-refractivity contribution is 5.93. The van der Waals surface area contributed by atoms with Crippen LogP contribution < -0.4 is 0 Å². The number of aliphatic hydroxyl groups excluding tert-OH is 2. The molecule has 0 unspecified atom stereocenters. The molecule has 0 bridgehead atoms. The second kappa shape index (κ2) is 4.00. The lowest BCUT2D eigenvalue weighted by Gasteiger charge is -2.54. The topological polar surface area (TPSA) is 104 Å². The molecule has 146 valence electrons. The van der Waals surface area contributed by atoms with Crippen LogP contribution in [0.4, 0.5) is 0 Å².